The lowest BCUT2D eigenvalue weighted by molar-refractivity contribution is -0.134. The Labute approximate surface area is 177 Å². The molecule has 0 aliphatic heterocycles. The van der Waals surface area contributed by atoms with E-state index < -0.39 is 11.6 Å². The van der Waals surface area contributed by atoms with Gasteiger partial charge in [0.05, 0.1) is 12.6 Å². The average Bonchev–Trinajstić information content (AvgIpc) is 3.21. The van der Waals surface area contributed by atoms with Crippen LogP contribution < -0.4 is 10.4 Å². The molecule has 0 unspecified atom stereocenters. The maximum absolute atomic E-state index is 12.2. The lowest BCUT2D eigenvalue weighted by Gasteiger charge is -2.06. The van der Waals surface area contributed by atoms with Gasteiger partial charge in [-0.2, -0.15) is 0 Å². The molecule has 4 aromatic rings. The van der Waals surface area contributed by atoms with Gasteiger partial charge < -0.3 is 13.6 Å². The highest BCUT2D eigenvalue weighted by atomic mass is 35.5. The van der Waals surface area contributed by atoms with E-state index in [4.69, 9.17) is 25.2 Å². The highest BCUT2D eigenvalue weighted by Crippen LogP contribution is 2.24. The first-order valence-corrected chi connectivity index (χ1v) is 9.87. The van der Waals surface area contributed by atoms with Gasteiger partial charge in [0.1, 0.15) is 11.3 Å². The molecule has 2 heterocycles. The monoisotopic (exact) mass is 423 g/mol. The van der Waals surface area contributed by atoms with Crippen LogP contribution in [0.15, 0.2) is 68.4 Å². The molecule has 0 saturated heterocycles. The van der Waals surface area contributed by atoms with Crippen molar-refractivity contribution in [3.63, 3.8) is 0 Å². The van der Waals surface area contributed by atoms with E-state index in [0.717, 1.165) is 16.5 Å². The van der Waals surface area contributed by atoms with Gasteiger partial charge in [0.25, 0.3) is 0 Å². The molecule has 6 nitrogen and oxygen atoms in total. The van der Waals surface area contributed by atoms with Crippen molar-refractivity contribution in [3.8, 4) is 17.1 Å². The topological polar surface area (TPSA) is 82.5 Å². The summed E-state index contributed by atoms with van der Waals surface area (Å²) in [6.07, 6.45) is 2.71. The van der Waals surface area contributed by atoms with Crippen molar-refractivity contribution in [2.24, 2.45) is 0 Å². The first-order valence-electron chi connectivity index (χ1n) is 9.50. The number of hydrogen-bond acceptors (Lipinski definition) is 6. The van der Waals surface area contributed by atoms with Gasteiger partial charge in [0.2, 0.25) is 0 Å². The molecule has 7 heteroatoms. The number of esters is 1. The third kappa shape index (κ3) is 4.44. The summed E-state index contributed by atoms with van der Waals surface area (Å²) in [5, 5.41) is 1.46. The van der Waals surface area contributed by atoms with Crippen LogP contribution in [0.25, 0.3) is 22.3 Å². The SMILES string of the molecule is CCc1cc(=O)oc2cc(OC(=O)CCc3ncc(-c4ccc(Cl)cc4)o3)ccc12. The molecule has 0 bridgehead atoms. The van der Waals surface area contributed by atoms with Gasteiger partial charge >= 0.3 is 11.6 Å². The largest absolute Gasteiger partial charge is 0.441 e. The van der Waals surface area contributed by atoms with Crippen molar-refractivity contribution in [2.75, 3.05) is 0 Å². The molecular formula is C23H18ClNO5. The number of carbonyl (C=O) groups is 1. The second-order valence-corrected chi connectivity index (χ2v) is 7.14. The summed E-state index contributed by atoms with van der Waals surface area (Å²) in [7, 11) is 0. The predicted molar refractivity (Wildman–Crippen MR) is 113 cm³/mol. The van der Waals surface area contributed by atoms with E-state index in [1.165, 1.54) is 6.07 Å². The second-order valence-electron chi connectivity index (χ2n) is 6.70. The highest BCUT2D eigenvalue weighted by Gasteiger charge is 2.12. The number of carbonyl (C=O) groups excluding carboxylic acids is 1. The van der Waals surface area contributed by atoms with Crippen LogP contribution in [0.5, 0.6) is 5.75 Å². The number of oxazole rings is 1. The first kappa shape index (κ1) is 19.9. The number of nitrogens with zero attached hydrogens (tertiary/aromatic N) is 1. The lowest BCUT2D eigenvalue weighted by Crippen LogP contribution is -2.09. The van der Waals surface area contributed by atoms with Crippen LogP contribution >= 0.6 is 11.6 Å². The van der Waals surface area contributed by atoms with E-state index in [0.29, 0.717) is 40.8 Å². The fraction of sp³-hybridized carbons (Fsp3) is 0.174. The molecule has 0 atom stereocenters. The number of aryl methyl sites for hydroxylation is 2. The van der Waals surface area contributed by atoms with Crippen LogP contribution in [0.4, 0.5) is 0 Å². The van der Waals surface area contributed by atoms with Crippen molar-refractivity contribution < 1.29 is 18.4 Å². The Morgan fingerprint density at radius 1 is 1.10 bits per heavy atom. The maximum Gasteiger partial charge on any atom is 0.336 e. The molecule has 0 aliphatic carbocycles. The number of halogens is 1. The minimum atomic E-state index is -0.436. The van der Waals surface area contributed by atoms with Crippen LogP contribution in [-0.4, -0.2) is 11.0 Å². The van der Waals surface area contributed by atoms with Gasteiger partial charge in [-0.05, 0) is 48.4 Å². The van der Waals surface area contributed by atoms with E-state index >= 15 is 0 Å². The summed E-state index contributed by atoms with van der Waals surface area (Å²) in [4.78, 5) is 28.1. The Hall–Kier alpha value is -3.38. The number of ether oxygens (including phenoxy) is 1. The Morgan fingerprint density at radius 2 is 1.90 bits per heavy atom. The van der Waals surface area contributed by atoms with Crippen molar-refractivity contribution >= 4 is 28.5 Å². The zero-order valence-electron chi connectivity index (χ0n) is 16.2. The molecule has 0 N–H and O–H groups in total. The second kappa shape index (κ2) is 8.55. The Morgan fingerprint density at radius 3 is 2.67 bits per heavy atom. The van der Waals surface area contributed by atoms with Gasteiger partial charge in [-0.1, -0.05) is 18.5 Å². The van der Waals surface area contributed by atoms with Crippen molar-refractivity contribution in [1.82, 2.24) is 4.98 Å². The minimum Gasteiger partial charge on any atom is -0.441 e. The molecule has 4 rings (SSSR count). The molecule has 30 heavy (non-hydrogen) atoms. The lowest BCUT2D eigenvalue weighted by atomic mass is 10.1. The van der Waals surface area contributed by atoms with Gasteiger partial charge in [0.15, 0.2) is 11.7 Å². The normalized spacial score (nSPS) is 11.0. The van der Waals surface area contributed by atoms with Crippen molar-refractivity contribution in [3.05, 3.63) is 81.6 Å². The van der Waals surface area contributed by atoms with Crippen LogP contribution in [-0.2, 0) is 17.6 Å². The van der Waals surface area contributed by atoms with E-state index in [1.807, 2.05) is 19.1 Å². The molecule has 0 saturated carbocycles. The van der Waals surface area contributed by atoms with Crippen LogP contribution in [0.2, 0.25) is 5.02 Å². The average molecular weight is 424 g/mol. The zero-order valence-corrected chi connectivity index (χ0v) is 16.9. The summed E-state index contributed by atoms with van der Waals surface area (Å²) in [6, 6.07) is 13.7. The van der Waals surface area contributed by atoms with E-state index in [9.17, 15) is 9.59 Å². The smallest absolute Gasteiger partial charge is 0.336 e. The summed E-state index contributed by atoms with van der Waals surface area (Å²) in [5.74, 6) is 0.924. The van der Waals surface area contributed by atoms with Crippen LogP contribution in [0, 0.1) is 0 Å². The number of fused-ring (bicyclic) bond motifs is 1. The Bertz CT molecular complexity index is 1260. The van der Waals surface area contributed by atoms with Crippen LogP contribution in [0.3, 0.4) is 0 Å². The van der Waals surface area contributed by atoms with Gasteiger partial charge in [-0.15, -0.1) is 0 Å². The van der Waals surface area contributed by atoms with Gasteiger partial charge in [-0.3, -0.25) is 4.79 Å². The van der Waals surface area contributed by atoms with E-state index in [1.54, 1.807) is 36.5 Å². The maximum atomic E-state index is 12.2. The molecule has 2 aromatic heterocycles. The molecule has 0 spiro atoms. The summed E-state index contributed by atoms with van der Waals surface area (Å²) in [6.45, 7) is 1.96. The molecule has 0 fully saturated rings. The number of benzene rings is 2. The standard InChI is InChI=1S/C23H18ClNO5/c1-2-14-11-23(27)30-19-12-17(7-8-18(14)19)28-22(26)10-9-21-25-13-20(29-21)15-3-5-16(24)6-4-15/h3-8,11-13H,2,9-10H2,1H3. The summed E-state index contributed by atoms with van der Waals surface area (Å²) >= 11 is 5.89. The Balaban J connectivity index is 1.40. The van der Waals surface area contributed by atoms with Crippen molar-refractivity contribution in [1.29, 1.82) is 0 Å². The molecule has 152 valence electrons. The van der Waals surface area contributed by atoms with Gasteiger partial charge in [0, 0.05) is 34.5 Å². The number of hydrogen-bond donors (Lipinski definition) is 0. The summed E-state index contributed by atoms with van der Waals surface area (Å²) in [5.41, 5.74) is 1.71. The molecule has 0 radical (unpaired) electrons. The molecular weight excluding hydrogens is 406 g/mol. The molecule has 0 amide bonds. The number of aromatic nitrogens is 1. The third-order valence-corrected chi connectivity index (χ3v) is 4.89. The third-order valence-electron chi connectivity index (χ3n) is 4.64. The summed E-state index contributed by atoms with van der Waals surface area (Å²) < 4.78 is 16.3. The number of rotatable bonds is 6. The first-order chi connectivity index (χ1) is 14.5. The fourth-order valence-corrected chi connectivity index (χ4v) is 3.26. The zero-order chi connectivity index (χ0) is 21.1. The van der Waals surface area contributed by atoms with E-state index in [-0.39, 0.29) is 6.42 Å². The molecule has 2 aromatic carbocycles. The Kier molecular flexibility index (Phi) is 5.68. The minimum absolute atomic E-state index is 0.0948. The van der Waals surface area contributed by atoms with Crippen LogP contribution in [0.1, 0.15) is 24.8 Å². The quantitative estimate of drug-likeness (QED) is 0.241. The van der Waals surface area contributed by atoms with Crippen molar-refractivity contribution in [2.45, 2.75) is 26.2 Å². The fourth-order valence-electron chi connectivity index (χ4n) is 3.13. The van der Waals surface area contributed by atoms with Gasteiger partial charge in [-0.25, -0.2) is 9.78 Å². The molecule has 0 aliphatic rings. The van der Waals surface area contributed by atoms with E-state index in [2.05, 4.69) is 4.98 Å². The highest BCUT2D eigenvalue weighted by molar-refractivity contribution is 6.30. The predicted octanol–water partition coefficient (Wildman–Crippen LogP) is 5.20.